The molecule has 6 heteroatoms. The molecule has 1 aromatic heterocycles. The first-order valence-corrected chi connectivity index (χ1v) is 10.7. The van der Waals surface area contributed by atoms with Gasteiger partial charge < -0.3 is 15.4 Å². The molecule has 0 saturated carbocycles. The monoisotopic (exact) mass is 422 g/mol. The number of carbonyl (C=O) groups is 2. The molecule has 156 valence electrons. The van der Waals surface area contributed by atoms with Gasteiger partial charge in [-0.1, -0.05) is 44.2 Å². The minimum absolute atomic E-state index is 0.205. The molecule has 0 aliphatic heterocycles. The Morgan fingerprint density at radius 1 is 0.967 bits per heavy atom. The lowest BCUT2D eigenvalue weighted by Crippen LogP contribution is -2.37. The number of hydrogen-bond acceptors (Lipinski definition) is 4. The summed E-state index contributed by atoms with van der Waals surface area (Å²) in [4.78, 5) is 26.6. The van der Waals surface area contributed by atoms with E-state index < -0.39 is 6.04 Å². The maximum atomic E-state index is 13.1. The van der Waals surface area contributed by atoms with Crippen molar-refractivity contribution in [3.63, 3.8) is 0 Å². The summed E-state index contributed by atoms with van der Waals surface area (Å²) in [5, 5.41) is 7.72. The molecule has 1 unspecified atom stereocenters. The summed E-state index contributed by atoms with van der Waals surface area (Å²) < 4.78 is 5.20. The highest BCUT2D eigenvalue weighted by Crippen LogP contribution is 2.22. The zero-order valence-electron chi connectivity index (χ0n) is 17.3. The lowest BCUT2D eigenvalue weighted by atomic mass is 10.0. The number of methoxy groups -OCH3 is 1. The topological polar surface area (TPSA) is 67.4 Å². The molecular formula is C24H26N2O3S. The van der Waals surface area contributed by atoms with E-state index in [1.165, 1.54) is 16.9 Å². The predicted molar refractivity (Wildman–Crippen MR) is 121 cm³/mol. The van der Waals surface area contributed by atoms with Gasteiger partial charge in [0.1, 0.15) is 11.8 Å². The molecule has 3 aromatic rings. The fraction of sp³-hybridized carbons (Fsp3) is 0.250. The smallest absolute Gasteiger partial charge is 0.251 e. The highest BCUT2D eigenvalue weighted by Gasteiger charge is 2.23. The first-order chi connectivity index (χ1) is 14.5. The van der Waals surface area contributed by atoms with Gasteiger partial charge in [0, 0.05) is 10.6 Å². The van der Waals surface area contributed by atoms with Crippen LogP contribution in [0.1, 0.15) is 41.8 Å². The second kappa shape index (κ2) is 10.1. The minimum Gasteiger partial charge on any atom is -0.497 e. The Bertz CT molecular complexity index is 965. The van der Waals surface area contributed by atoms with Crippen LogP contribution in [-0.2, 0) is 16.0 Å². The van der Waals surface area contributed by atoms with E-state index >= 15 is 0 Å². The second-order valence-corrected chi connectivity index (χ2v) is 8.33. The van der Waals surface area contributed by atoms with Crippen molar-refractivity contribution in [2.45, 2.75) is 32.2 Å². The second-order valence-electron chi connectivity index (χ2n) is 7.30. The van der Waals surface area contributed by atoms with E-state index in [4.69, 9.17) is 4.74 Å². The Morgan fingerprint density at radius 3 is 2.20 bits per heavy atom. The average molecular weight is 423 g/mol. The lowest BCUT2D eigenvalue weighted by molar-refractivity contribution is -0.126. The van der Waals surface area contributed by atoms with Crippen molar-refractivity contribution in [3.8, 4) is 5.75 Å². The van der Waals surface area contributed by atoms with Crippen LogP contribution in [0, 0.1) is 0 Å². The molecule has 30 heavy (non-hydrogen) atoms. The van der Waals surface area contributed by atoms with Gasteiger partial charge in [0.2, 0.25) is 5.91 Å². The van der Waals surface area contributed by atoms with Gasteiger partial charge in [-0.25, -0.2) is 0 Å². The molecule has 0 saturated heterocycles. The van der Waals surface area contributed by atoms with Crippen LogP contribution in [0.4, 0.5) is 5.69 Å². The van der Waals surface area contributed by atoms with Crippen LogP contribution < -0.4 is 15.4 Å². The molecule has 1 heterocycles. The molecule has 2 aromatic carbocycles. The van der Waals surface area contributed by atoms with Gasteiger partial charge in [0.25, 0.3) is 5.91 Å². The average Bonchev–Trinajstić information content (AvgIpc) is 3.25. The molecule has 2 N–H and O–H groups in total. The molecule has 0 radical (unpaired) electrons. The minimum atomic E-state index is -0.812. The molecule has 1 atom stereocenters. The number of nitrogens with one attached hydrogen (secondary N) is 2. The summed E-state index contributed by atoms with van der Waals surface area (Å²) in [5.74, 6) is 0.603. The standard InChI is InChI=1S/C24H26N2O3S/c1-16(2)17-6-10-19(11-7-17)25-24(28)23(18-8-12-20(29-3)13-9-18)26-22(27)15-21-5-4-14-30-21/h4-14,16,23H,15H2,1-3H3,(H,25,28)(H,26,27). The van der Waals surface area contributed by atoms with E-state index in [9.17, 15) is 9.59 Å². The van der Waals surface area contributed by atoms with E-state index in [-0.39, 0.29) is 18.2 Å². The first kappa shape index (κ1) is 21.6. The zero-order valence-corrected chi connectivity index (χ0v) is 18.2. The Labute approximate surface area is 181 Å². The van der Waals surface area contributed by atoms with Gasteiger partial charge in [0.15, 0.2) is 0 Å². The highest BCUT2D eigenvalue weighted by molar-refractivity contribution is 7.10. The highest BCUT2D eigenvalue weighted by atomic mass is 32.1. The summed E-state index contributed by atoms with van der Waals surface area (Å²) in [6.45, 7) is 4.24. The fourth-order valence-electron chi connectivity index (χ4n) is 3.05. The number of ether oxygens (including phenoxy) is 1. The van der Waals surface area contributed by atoms with Crippen molar-refractivity contribution in [1.29, 1.82) is 0 Å². The molecule has 5 nitrogen and oxygen atoms in total. The van der Waals surface area contributed by atoms with E-state index in [0.717, 1.165) is 4.88 Å². The van der Waals surface area contributed by atoms with Crippen LogP contribution in [0.15, 0.2) is 66.0 Å². The maximum absolute atomic E-state index is 13.1. The van der Waals surface area contributed by atoms with Gasteiger partial charge in [-0.15, -0.1) is 11.3 Å². The molecular weight excluding hydrogens is 396 g/mol. The molecule has 0 aliphatic rings. The lowest BCUT2D eigenvalue weighted by Gasteiger charge is -2.19. The van der Waals surface area contributed by atoms with Gasteiger partial charge >= 0.3 is 0 Å². The van der Waals surface area contributed by atoms with Crippen molar-refractivity contribution in [1.82, 2.24) is 5.32 Å². The van der Waals surface area contributed by atoms with Crippen LogP contribution in [0.3, 0.4) is 0 Å². The van der Waals surface area contributed by atoms with Gasteiger partial charge in [0.05, 0.1) is 13.5 Å². The van der Waals surface area contributed by atoms with Gasteiger partial charge in [-0.05, 0) is 52.8 Å². The van der Waals surface area contributed by atoms with Crippen molar-refractivity contribution in [2.24, 2.45) is 0 Å². The van der Waals surface area contributed by atoms with E-state index in [1.807, 2.05) is 41.8 Å². The Hall–Kier alpha value is -3.12. The number of rotatable bonds is 8. The number of thiophene rings is 1. The number of benzene rings is 2. The Morgan fingerprint density at radius 2 is 1.63 bits per heavy atom. The molecule has 2 amide bonds. The predicted octanol–water partition coefficient (Wildman–Crippen LogP) is 4.92. The summed E-state index contributed by atoms with van der Waals surface area (Å²) in [7, 11) is 1.59. The molecule has 0 aliphatic carbocycles. The SMILES string of the molecule is COc1ccc(C(NC(=O)Cc2cccs2)C(=O)Nc2ccc(C(C)C)cc2)cc1. The van der Waals surface area contributed by atoms with Crippen LogP contribution in [0.5, 0.6) is 5.75 Å². The largest absolute Gasteiger partial charge is 0.497 e. The van der Waals surface area contributed by atoms with E-state index in [1.54, 1.807) is 31.4 Å². The van der Waals surface area contributed by atoms with Gasteiger partial charge in [-0.2, -0.15) is 0 Å². The summed E-state index contributed by atoms with van der Waals surface area (Å²) >= 11 is 1.52. The Balaban J connectivity index is 1.77. The quantitative estimate of drug-likeness (QED) is 0.541. The summed E-state index contributed by atoms with van der Waals surface area (Å²) in [5.41, 5.74) is 2.58. The zero-order chi connectivity index (χ0) is 21.5. The van der Waals surface area contributed by atoms with E-state index in [2.05, 4.69) is 24.5 Å². The van der Waals surface area contributed by atoms with Crippen molar-refractivity contribution in [3.05, 3.63) is 82.0 Å². The number of amides is 2. The first-order valence-electron chi connectivity index (χ1n) is 9.83. The van der Waals surface area contributed by atoms with Crippen molar-refractivity contribution >= 4 is 28.8 Å². The number of hydrogen-bond donors (Lipinski definition) is 2. The summed E-state index contributed by atoms with van der Waals surface area (Å²) in [6.07, 6.45) is 0.237. The van der Waals surface area contributed by atoms with Crippen molar-refractivity contribution in [2.75, 3.05) is 12.4 Å². The van der Waals surface area contributed by atoms with Crippen LogP contribution in [0.25, 0.3) is 0 Å². The number of carbonyl (C=O) groups excluding carboxylic acids is 2. The van der Waals surface area contributed by atoms with Gasteiger partial charge in [-0.3, -0.25) is 9.59 Å². The third kappa shape index (κ3) is 5.70. The maximum Gasteiger partial charge on any atom is 0.251 e. The molecule has 0 bridgehead atoms. The van der Waals surface area contributed by atoms with Crippen LogP contribution >= 0.6 is 11.3 Å². The fourth-order valence-corrected chi connectivity index (χ4v) is 3.75. The van der Waals surface area contributed by atoms with Crippen LogP contribution in [-0.4, -0.2) is 18.9 Å². The molecule has 3 rings (SSSR count). The van der Waals surface area contributed by atoms with Crippen LogP contribution in [0.2, 0.25) is 0 Å². The van der Waals surface area contributed by atoms with E-state index in [0.29, 0.717) is 22.9 Å². The Kier molecular flexibility index (Phi) is 7.25. The number of anilines is 1. The normalized spacial score (nSPS) is 11.7. The summed E-state index contributed by atoms with van der Waals surface area (Å²) in [6, 6.07) is 17.9. The molecule has 0 fully saturated rings. The third-order valence-electron chi connectivity index (χ3n) is 4.78. The molecule has 0 spiro atoms. The third-order valence-corrected chi connectivity index (χ3v) is 5.65. The van der Waals surface area contributed by atoms with Crippen molar-refractivity contribution < 1.29 is 14.3 Å².